The molecule has 0 unspecified atom stereocenters. The quantitative estimate of drug-likeness (QED) is 0.576. The van der Waals surface area contributed by atoms with Gasteiger partial charge in [0, 0.05) is 19.0 Å². The topological polar surface area (TPSA) is 58.4 Å². The summed E-state index contributed by atoms with van der Waals surface area (Å²) in [7, 11) is 2.23. The van der Waals surface area contributed by atoms with Crippen LogP contribution in [0.4, 0.5) is 0 Å². The molecule has 4 heteroatoms. The first-order valence-corrected chi connectivity index (χ1v) is 8.91. The van der Waals surface area contributed by atoms with Crippen molar-refractivity contribution in [3.8, 4) is 0 Å². The number of carbonyl (C=O) groups excluding carboxylic acids is 1. The van der Waals surface area contributed by atoms with Crippen molar-refractivity contribution < 1.29 is 4.79 Å². The fraction of sp³-hybridized carbons (Fsp3) is 0.941. The van der Waals surface area contributed by atoms with Crippen LogP contribution in [-0.2, 0) is 4.79 Å². The minimum atomic E-state index is 0.211. The Balaban J connectivity index is 1.93. The Kier molecular flexibility index (Phi) is 10.5. The number of carbonyl (C=O) groups is 1. The van der Waals surface area contributed by atoms with Gasteiger partial charge in [0.05, 0.1) is 0 Å². The molecule has 0 aromatic heterocycles. The Labute approximate surface area is 130 Å². The van der Waals surface area contributed by atoms with E-state index < -0.39 is 0 Å². The van der Waals surface area contributed by atoms with Gasteiger partial charge in [-0.2, -0.15) is 0 Å². The molecule has 1 rings (SSSR count). The number of rotatable bonds is 11. The molecule has 1 aliphatic rings. The number of nitrogens with one attached hydrogen (secondary N) is 1. The van der Waals surface area contributed by atoms with Gasteiger partial charge in [-0.1, -0.05) is 32.1 Å². The number of hydrogen-bond acceptors (Lipinski definition) is 3. The van der Waals surface area contributed by atoms with E-state index in [-0.39, 0.29) is 5.91 Å². The molecule has 1 fully saturated rings. The average molecular weight is 297 g/mol. The molecule has 0 aliphatic heterocycles. The smallest absolute Gasteiger partial charge is 0.219 e. The van der Waals surface area contributed by atoms with E-state index in [9.17, 15) is 4.79 Å². The summed E-state index contributed by atoms with van der Waals surface area (Å²) < 4.78 is 0. The Morgan fingerprint density at radius 2 is 1.81 bits per heavy atom. The van der Waals surface area contributed by atoms with Crippen LogP contribution in [0.1, 0.15) is 70.6 Å². The van der Waals surface area contributed by atoms with E-state index >= 15 is 0 Å². The zero-order valence-corrected chi connectivity index (χ0v) is 13.9. The molecule has 0 saturated heterocycles. The van der Waals surface area contributed by atoms with Crippen molar-refractivity contribution in [3.63, 3.8) is 0 Å². The van der Waals surface area contributed by atoms with Crippen molar-refractivity contribution in [3.05, 3.63) is 0 Å². The van der Waals surface area contributed by atoms with Gasteiger partial charge in [0.15, 0.2) is 0 Å². The Hall–Kier alpha value is -0.610. The van der Waals surface area contributed by atoms with Crippen LogP contribution in [-0.4, -0.2) is 43.5 Å². The largest absolute Gasteiger partial charge is 0.356 e. The molecule has 0 bridgehead atoms. The Morgan fingerprint density at radius 3 is 2.52 bits per heavy atom. The zero-order chi connectivity index (χ0) is 15.3. The van der Waals surface area contributed by atoms with Crippen molar-refractivity contribution in [1.29, 1.82) is 0 Å². The maximum Gasteiger partial charge on any atom is 0.219 e. The molecule has 3 N–H and O–H groups in total. The normalized spacial score (nSPS) is 16.3. The summed E-state index contributed by atoms with van der Waals surface area (Å²) in [6, 6.07) is 0.775. The molecular formula is C17H35N3O. The molecular weight excluding hydrogens is 262 g/mol. The van der Waals surface area contributed by atoms with Gasteiger partial charge in [-0.25, -0.2) is 0 Å². The zero-order valence-electron chi connectivity index (χ0n) is 13.9. The van der Waals surface area contributed by atoms with Gasteiger partial charge in [-0.3, -0.25) is 4.79 Å². The third kappa shape index (κ3) is 9.10. The monoisotopic (exact) mass is 297 g/mol. The molecule has 0 heterocycles. The highest BCUT2D eigenvalue weighted by molar-refractivity contribution is 5.75. The number of nitrogens with zero attached hydrogens (tertiary/aromatic N) is 1. The second-order valence-electron chi connectivity index (χ2n) is 6.43. The second-order valence-corrected chi connectivity index (χ2v) is 6.43. The summed E-state index contributed by atoms with van der Waals surface area (Å²) in [4.78, 5) is 14.2. The van der Waals surface area contributed by atoms with Crippen LogP contribution in [0.15, 0.2) is 0 Å². The third-order valence-electron chi connectivity index (χ3n) is 4.57. The molecule has 124 valence electrons. The predicted molar refractivity (Wildman–Crippen MR) is 89.3 cm³/mol. The lowest BCUT2D eigenvalue weighted by Gasteiger charge is -2.31. The summed E-state index contributed by atoms with van der Waals surface area (Å²) in [5, 5.41) is 3.04. The Bertz CT molecular complexity index is 265. The molecule has 0 spiro atoms. The van der Waals surface area contributed by atoms with Crippen molar-refractivity contribution in [2.45, 2.75) is 76.7 Å². The minimum absolute atomic E-state index is 0.211. The molecule has 0 radical (unpaired) electrons. The third-order valence-corrected chi connectivity index (χ3v) is 4.57. The highest BCUT2D eigenvalue weighted by Gasteiger charge is 2.17. The van der Waals surface area contributed by atoms with E-state index in [1.165, 1.54) is 32.1 Å². The van der Waals surface area contributed by atoms with Crippen LogP contribution in [0.2, 0.25) is 0 Å². The molecule has 4 nitrogen and oxygen atoms in total. The fourth-order valence-electron chi connectivity index (χ4n) is 3.13. The van der Waals surface area contributed by atoms with Gasteiger partial charge >= 0.3 is 0 Å². The van der Waals surface area contributed by atoms with E-state index in [4.69, 9.17) is 5.73 Å². The Morgan fingerprint density at radius 1 is 1.10 bits per heavy atom. The van der Waals surface area contributed by atoms with Gasteiger partial charge in [0.2, 0.25) is 5.91 Å². The van der Waals surface area contributed by atoms with Crippen LogP contribution < -0.4 is 11.1 Å². The van der Waals surface area contributed by atoms with Crippen molar-refractivity contribution in [2.75, 3.05) is 26.7 Å². The summed E-state index contributed by atoms with van der Waals surface area (Å²) in [5.74, 6) is 0.211. The predicted octanol–water partition coefficient (Wildman–Crippen LogP) is 2.67. The van der Waals surface area contributed by atoms with Gasteiger partial charge in [-0.15, -0.1) is 0 Å². The van der Waals surface area contributed by atoms with Crippen LogP contribution in [0.25, 0.3) is 0 Å². The minimum Gasteiger partial charge on any atom is -0.356 e. The van der Waals surface area contributed by atoms with Crippen molar-refractivity contribution in [2.24, 2.45) is 5.73 Å². The molecule has 1 saturated carbocycles. The van der Waals surface area contributed by atoms with E-state index in [2.05, 4.69) is 17.3 Å². The highest BCUT2D eigenvalue weighted by Crippen LogP contribution is 2.21. The van der Waals surface area contributed by atoms with Crippen LogP contribution in [0.3, 0.4) is 0 Å². The molecule has 0 aromatic carbocycles. The van der Waals surface area contributed by atoms with E-state index in [1.54, 1.807) is 0 Å². The van der Waals surface area contributed by atoms with Gasteiger partial charge in [-0.05, 0) is 52.2 Å². The summed E-state index contributed by atoms with van der Waals surface area (Å²) in [6.07, 6.45) is 13.0. The second kappa shape index (κ2) is 12.0. The first kappa shape index (κ1) is 18.4. The fourth-order valence-corrected chi connectivity index (χ4v) is 3.13. The van der Waals surface area contributed by atoms with E-state index in [0.29, 0.717) is 6.42 Å². The standard InChI is InChI=1S/C17H35N3O/c1-20(16-10-5-4-6-11-16)15-9-14-19-17(21)12-7-2-3-8-13-18/h16H,2-15,18H2,1H3,(H,19,21). The van der Waals surface area contributed by atoms with Crippen molar-refractivity contribution >= 4 is 5.91 Å². The van der Waals surface area contributed by atoms with Gasteiger partial charge in [0.1, 0.15) is 0 Å². The number of hydrogen-bond donors (Lipinski definition) is 2. The lowest BCUT2D eigenvalue weighted by Crippen LogP contribution is -2.35. The van der Waals surface area contributed by atoms with Crippen LogP contribution >= 0.6 is 0 Å². The first-order chi connectivity index (χ1) is 10.2. The number of unbranched alkanes of at least 4 members (excludes halogenated alkanes) is 3. The van der Waals surface area contributed by atoms with Gasteiger partial charge in [0.25, 0.3) is 0 Å². The average Bonchev–Trinajstić information content (AvgIpc) is 2.52. The van der Waals surface area contributed by atoms with Crippen molar-refractivity contribution in [1.82, 2.24) is 10.2 Å². The maximum absolute atomic E-state index is 11.7. The first-order valence-electron chi connectivity index (χ1n) is 8.91. The maximum atomic E-state index is 11.7. The van der Waals surface area contributed by atoms with Crippen LogP contribution in [0, 0.1) is 0 Å². The highest BCUT2D eigenvalue weighted by atomic mass is 16.1. The number of amides is 1. The molecule has 21 heavy (non-hydrogen) atoms. The molecule has 0 atom stereocenters. The SMILES string of the molecule is CN(CCCNC(=O)CCCCCCN)C1CCCCC1. The summed E-state index contributed by atoms with van der Waals surface area (Å²) in [6.45, 7) is 2.68. The molecule has 1 aliphatic carbocycles. The van der Waals surface area contributed by atoms with E-state index in [1.807, 2.05) is 0 Å². The molecule has 0 aromatic rings. The summed E-state index contributed by atoms with van der Waals surface area (Å²) in [5.41, 5.74) is 5.45. The lowest BCUT2D eigenvalue weighted by molar-refractivity contribution is -0.121. The lowest BCUT2D eigenvalue weighted by atomic mass is 9.94. The summed E-state index contributed by atoms with van der Waals surface area (Å²) >= 11 is 0. The number of nitrogens with two attached hydrogens (primary N) is 1. The van der Waals surface area contributed by atoms with Gasteiger partial charge < -0.3 is 16.0 Å². The van der Waals surface area contributed by atoms with E-state index in [0.717, 1.165) is 57.8 Å². The van der Waals surface area contributed by atoms with Crippen LogP contribution in [0.5, 0.6) is 0 Å². The molecule has 1 amide bonds.